The summed E-state index contributed by atoms with van der Waals surface area (Å²) in [7, 11) is 3.09. The van der Waals surface area contributed by atoms with E-state index in [1.54, 1.807) is 38.5 Å². The number of nitrogens with one attached hydrogen (secondary N) is 2. The number of hydrogen-bond donors (Lipinski definition) is 2. The molecule has 8 nitrogen and oxygen atoms in total. The van der Waals surface area contributed by atoms with Gasteiger partial charge in [-0.15, -0.1) is 0 Å². The van der Waals surface area contributed by atoms with Crippen LogP contribution in [0.1, 0.15) is 53.8 Å². The minimum atomic E-state index is -0.305. The summed E-state index contributed by atoms with van der Waals surface area (Å²) in [6, 6.07) is 10.6. The van der Waals surface area contributed by atoms with Crippen molar-refractivity contribution in [1.29, 1.82) is 0 Å². The minimum absolute atomic E-state index is 0.128. The molecule has 2 aromatic carbocycles. The van der Waals surface area contributed by atoms with E-state index in [1.807, 2.05) is 12.1 Å². The summed E-state index contributed by atoms with van der Waals surface area (Å²) >= 11 is 0. The molecule has 0 aliphatic carbocycles. The van der Waals surface area contributed by atoms with Crippen LogP contribution in [0.2, 0.25) is 0 Å². The second-order valence-corrected chi connectivity index (χ2v) is 8.62. The van der Waals surface area contributed by atoms with Crippen LogP contribution in [0.3, 0.4) is 0 Å². The van der Waals surface area contributed by atoms with Crippen LogP contribution in [-0.2, 0) is 0 Å². The zero-order valence-corrected chi connectivity index (χ0v) is 21.4. The Morgan fingerprint density at radius 3 is 2.17 bits per heavy atom. The normalized spacial score (nSPS) is 13.5. The minimum Gasteiger partial charge on any atom is -0.497 e. The Balaban J connectivity index is 1.82. The number of amides is 2. The summed E-state index contributed by atoms with van der Waals surface area (Å²) in [5.41, 5.74) is 2.46. The van der Waals surface area contributed by atoms with Gasteiger partial charge in [0.15, 0.2) is 0 Å². The molecule has 1 saturated heterocycles. The van der Waals surface area contributed by atoms with Crippen LogP contribution in [0, 0.1) is 0 Å². The van der Waals surface area contributed by atoms with Crippen LogP contribution >= 0.6 is 0 Å². The molecule has 0 spiro atoms. The molecule has 1 fully saturated rings. The predicted molar refractivity (Wildman–Crippen MR) is 140 cm³/mol. The van der Waals surface area contributed by atoms with Gasteiger partial charge in [0, 0.05) is 49.2 Å². The lowest BCUT2D eigenvalue weighted by atomic mass is 10.1. The average Bonchev–Trinajstić information content (AvgIpc) is 2.91. The van der Waals surface area contributed by atoms with E-state index in [0.717, 1.165) is 51.3 Å². The van der Waals surface area contributed by atoms with Crippen LogP contribution in [0.5, 0.6) is 11.5 Å². The Hall–Kier alpha value is -3.26. The summed E-state index contributed by atoms with van der Waals surface area (Å²) in [5.74, 6) is 0.629. The number of anilines is 2. The highest BCUT2D eigenvalue weighted by molar-refractivity contribution is 6.06. The second-order valence-electron chi connectivity index (χ2n) is 8.62. The number of benzene rings is 2. The molecular weight excluding hydrogens is 444 g/mol. The van der Waals surface area contributed by atoms with Crippen LogP contribution in [0.4, 0.5) is 11.4 Å². The summed E-state index contributed by atoms with van der Waals surface area (Å²) in [5, 5.41) is 5.99. The van der Waals surface area contributed by atoms with Gasteiger partial charge >= 0.3 is 0 Å². The van der Waals surface area contributed by atoms with Gasteiger partial charge in [0.25, 0.3) is 11.8 Å². The molecule has 2 amide bonds. The Labute approximate surface area is 208 Å². The van der Waals surface area contributed by atoms with E-state index < -0.39 is 0 Å². The molecule has 1 aliphatic heterocycles. The lowest BCUT2D eigenvalue weighted by Crippen LogP contribution is -2.36. The third-order valence-electron chi connectivity index (χ3n) is 6.42. The number of ether oxygens (including phenoxy) is 2. The first-order chi connectivity index (χ1) is 17.0. The van der Waals surface area contributed by atoms with E-state index in [-0.39, 0.29) is 11.8 Å². The standard InChI is InChI=1S/C27H38N4O4/c1-5-30(6-2)15-12-28-27(33)24-18-21(10-11-25(24)31-13-8-7-9-14-31)29-26(32)20-16-22(34-3)19-23(17-20)35-4/h10-11,16-19H,5-9,12-15H2,1-4H3,(H,28,33)(H,29,32). The van der Waals surface area contributed by atoms with Gasteiger partial charge in [0.2, 0.25) is 0 Å². The largest absolute Gasteiger partial charge is 0.497 e. The Morgan fingerprint density at radius 2 is 1.57 bits per heavy atom. The zero-order valence-electron chi connectivity index (χ0n) is 21.4. The zero-order chi connectivity index (χ0) is 25.2. The fraction of sp³-hybridized carbons (Fsp3) is 0.481. The van der Waals surface area contributed by atoms with Gasteiger partial charge in [-0.25, -0.2) is 0 Å². The van der Waals surface area contributed by atoms with Gasteiger partial charge in [-0.1, -0.05) is 13.8 Å². The number of carbonyl (C=O) groups excluding carboxylic acids is 2. The highest BCUT2D eigenvalue weighted by Gasteiger charge is 2.20. The second kappa shape index (κ2) is 13.0. The van der Waals surface area contributed by atoms with Gasteiger partial charge in [-0.2, -0.15) is 0 Å². The molecule has 35 heavy (non-hydrogen) atoms. The molecule has 1 aliphatic rings. The fourth-order valence-corrected chi connectivity index (χ4v) is 4.31. The number of piperidine rings is 1. The first-order valence-corrected chi connectivity index (χ1v) is 12.4. The summed E-state index contributed by atoms with van der Waals surface area (Å²) in [6.07, 6.45) is 3.43. The monoisotopic (exact) mass is 482 g/mol. The third kappa shape index (κ3) is 7.11. The van der Waals surface area contributed by atoms with Crippen LogP contribution in [-0.4, -0.2) is 70.2 Å². The number of likely N-dealkylation sites (N-methyl/N-ethyl adjacent to an activating group) is 1. The first kappa shape index (κ1) is 26.3. The number of nitrogens with zero attached hydrogens (tertiary/aromatic N) is 2. The van der Waals surface area contributed by atoms with Crippen molar-refractivity contribution >= 4 is 23.2 Å². The molecule has 0 radical (unpaired) electrons. The van der Waals surface area contributed by atoms with E-state index in [9.17, 15) is 9.59 Å². The topological polar surface area (TPSA) is 83.1 Å². The lowest BCUT2D eigenvalue weighted by Gasteiger charge is -2.30. The van der Waals surface area contributed by atoms with Crippen molar-refractivity contribution in [3.8, 4) is 11.5 Å². The Kier molecular flexibility index (Phi) is 9.78. The maximum Gasteiger partial charge on any atom is 0.255 e. The molecule has 1 heterocycles. The SMILES string of the molecule is CCN(CC)CCNC(=O)c1cc(NC(=O)c2cc(OC)cc(OC)c2)ccc1N1CCCCC1. The van der Waals surface area contributed by atoms with Crippen molar-refractivity contribution in [3.05, 3.63) is 47.5 Å². The average molecular weight is 483 g/mol. The quantitative estimate of drug-likeness (QED) is 0.503. The smallest absolute Gasteiger partial charge is 0.255 e. The van der Waals surface area contributed by atoms with Crippen molar-refractivity contribution in [1.82, 2.24) is 10.2 Å². The Bertz CT molecular complexity index is 978. The molecule has 2 aromatic rings. The van der Waals surface area contributed by atoms with Crippen LogP contribution in [0.25, 0.3) is 0 Å². The third-order valence-corrected chi connectivity index (χ3v) is 6.42. The van der Waals surface area contributed by atoms with Gasteiger partial charge in [0.1, 0.15) is 11.5 Å². The molecule has 0 unspecified atom stereocenters. The van der Waals surface area contributed by atoms with Gasteiger partial charge in [-0.05, 0) is 62.7 Å². The molecule has 0 saturated carbocycles. The predicted octanol–water partition coefficient (Wildman–Crippen LogP) is 4.02. The van der Waals surface area contributed by atoms with Gasteiger partial charge in [0.05, 0.1) is 19.8 Å². The number of hydrogen-bond acceptors (Lipinski definition) is 6. The fourth-order valence-electron chi connectivity index (χ4n) is 4.31. The highest BCUT2D eigenvalue weighted by atomic mass is 16.5. The summed E-state index contributed by atoms with van der Waals surface area (Å²) in [6.45, 7) is 9.34. The van der Waals surface area contributed by atoms with E-state index in [2.05, 4.69) is 34.3 Å². The van der Waals surface area contributed by atoms with Gasteiger partial charge in [-0.3, -0.25) is 9.59 Å². The summed E-state index contributed by atoms with van der Waals surface area (Å²) in [4.78, 5) is 30.8. The van der Waals surface area contributed by atoms with Crippen LogP contribution < -0.4 is 25.0 Å². The molecule has 3 rings (SSSR count). The molecule has 190 valence electrons. The molecular formula is C27H38N4O4. The molecule has 0 bridgehead atoms. The molecule has 0 atom stereocenters. The maximum absolute atomic E-state index is 13.2. The van der Waals surface area contributed by atoms with Crippen LogP contribution in [0.15, 0.2) is 36.4 Å². The van der Waals surface area contributed by atoms with E-state index in [1.165, 1.54) is 6.42 Å². The number of methoxy groups -OCH3 is 2. The van der Waals surface area contributed by atoms with Crippen molar-refractivity contribution in [2.75, 3.05) is 63.7 Å². The van der Waals surface area contributed by atoms with E-state index >= 15 is 0 Å². The number of carbonyl (C=O) groups is 2. The van der Waals surface area contributed by atoms with Crippen molar-refractivity contribution in [2.45, 2.75) is 33.1 Å². The molecule has 0 aromatic heterocycles. The molecule has 2 N–H and O–H groups in total. The van der Waals surface area contributed by atoms with Crippen molar-refractivity contribution < 1.29 is 19.1 Å². The first-order valence-electron chi connectivity index (χ1n) is 12.4. The summed E-state index contributed by atoms with van der Waals surface area (Å²) < 4.78 is 10.6. The maximum atomic E-state index is 13.2. The van der Waals surface area contributed by atoms with Gasteiger partial charge < -0.3 is 29.9 Å². The Morgan fingerprint density at radius 1 is 0.914 bits per heavy atom. The van der Waals surface area contributed by atoms with E-state index in [0.29, 0.717) is 34.9 Å². The number of rotatable bonds is 11. The van der Waals surface area contributed by atoms with Crippen molar-refractivity contribution in [3.63, 3.8) is 0 Å². The molecule has 8 heteroatoms. The lowest BCUT2D eigenvalue weighted by molar-refractivity contribution is 0.0948. The highest BCUT2D eigenvalue weighted by Crippen LogP contribution is 2.28. The van der Waals surface area contributed by atoms with Crippen molar-refractivity contribution in [2.24, 2.45) is 0 Å². The van der Waals surface area contributed by atoms with E-state index in [4.69, 9.17) is 9.47 Å².